The summed E-state index contributed by atoms with van der Waals surface area (Å²) >= 11 is 1.76. The first-order valence-electron chi connectivity index (χ1n) is 4.12. The van der Waals surface area contributed by atoms with Crippen molar-refractivity contribution in [2.24, 2.45) is 0 Å². The Labute approximate surface area is 81.2 Å². The van der Waals surface area contributed by atoms with Gasteiger partial charge in [-0.15, -0.1) is 11.3 Å². The number of benzene rings is 1. The molecule has 1 aromatic heterocycles. The first kappa shape index (κ1) is 8.28. The first-order valence-corrected chi connectivity index (χ1v) is 4.94. The van der Waals surface area contributed by atoms with Crippen molar-refractivity contribution in [3.8, 4) is 6.07 Å². The molecule has 0 aliphatic rings. The van der Waals surface area contributed by atoms with E-state index < -0.39 is 0 Å². The summed E-state index contributed by atoms with van der Waals surface area (Å²) in [5, 5.41) is 10.0. The third-order valence-electron chi connectivity index (χ3n) is 2.31. The lowest BCUT2D eigenvalue weighted by atomic mass is 10.1. The van der Waals surface area contributed by atoms with Crippen molar-refractivity contribution in [1.29, 1.82) is 5.26 Å². The number of rotatable bonds is 0. The zero-order valence-electron chi connectivity index (χ0n) is 7.59. The van der Waals surface area contributed by atoms with Crippen molar-refractivity contribution >= 4 is 21.4 Å². The molecule has 0 spiro atoms. The molecule has 1 nitrogen and oxygen atoms in total. The van der Waals surface area contributed by atoms with Crippen LogP contribution in [-0.2, 0) is 0 Å². The van der Waals surface area contributed by atoms with Gasteiger partial charge in [0.05, 0.1) is 11.6 Å². The van der Waals surface area contributed by atoms with E-state index in [0.29, 0.717) is 0 Å². The Balaban J connectivity index is 2.82. The molecule has 0 saturated heterocycles. The molecule has 0 aliphatic heterocycles. The van der Waals surface area contributed by atoms with Crippen molar-refractivity contribution < 1.29 is 0 Å². The standard InChI is InChI=1S/C11H9NS/c1-7-8(2)13-11-5-9(6-12)3-4-10(7)11/h3-5H,1-2H3. The molecular weight excluding hydrogens is 178 g/mol. The lowest BCUT2D eigenvalue weighted by Crippen LogP contribution is -1.73. The van der Waals surface area contributed by atoms with Crippen LogP contribution in [0.15, 0.2) is 18.2 Å². The lowest BCUT2D eigenvalue weighted by molar-refractivity contribution is 1.47. The van der Waals surface area contributed by atoms with E-state index in [1.54, 1.807) is 11.3 Å². The van der Waals surface area contributed by atoms with Crippen LogP contribution in [0.5, 0.6) is 0 Å². The van der Waals surface area contributed by atoms with Gasteiger partial charge in [-0.05, 0) is 36.9 Å². The highest BCUT2D eigenvalue weighted by atomic mass is 32.1. The van der Waals surface area contributed by atoms with Gasteiger partial charge in [-0.1, -0.05) is 6.07 Å². The second-order valence-electron chi connectivity index (χ2n) is 3.11. The molecule has 0 saturated carbocycles. The van der Waals surface area contributed by atoms with Crippen LogP contribution in [0, 0.1) is 25.2 Å². The van der Waals surface area contributed by atoms with Gasteiger partial charge >= 0.3 is 0 Å². The van der Waals surface area contributed by atoms with E-state index in [-0.39, 0.29) is 0 Å². The van der Waals surface area contributed by atoms with Crippen molar-refractivity contribution in [1.82, 2.24) is 0 Å². The van der Waals surface area contributed by atoms with Gasteiger partial charge in [-0.2, -0.15) is 5.26 Å². The topological polar surface area (TPSA) is 23.8 Å². The molecule has 1 aromatic carbocycles. The van der Waals surface area contributed by atoms with Crippen LogP contribution in [-0.4, -0.2) is 0 Å². The minimum atomic E-state index is 0.744. The van der Waals surface area contributed by atoms with Gasteiger partial charge in [0.1, 0.15) is 0 Å². The van der Waals surface area contributed by atoms with Gasteiger partial charge in [0.2, 0.25) is 0 Å². The fourth-order valence-corrected chi connectivity index (χ4v) is 2.53. The van der Waals surface area contributed by atoms with Crippen LogP contribution in [0.1, 0.15) is 16.0 Å². The largest absolute Gasteiger partial charge is 0.192 e. The number of nitrogens with zero attached hydrogens (tertiary/aromatic N) is 1. The fraction of sp³-hybridized carbons (Fsp3) is 0.182. The molecule has 1 heterocycles. The lowest BCUT2D eigenvalue weighted by Gasteiger charge is -1.91. The molecule has 0 fully saturated rings. The van der Waals surface area contributed by atoms with Crippen LogP contribution in [0.25, 0.3) is 10.1 Å². The summed E-state index contributed by atoms with van der Waals surface area (Å²) in [5.41, 5.74) is 2.08. The Hall–Kier alpha value is -1.33. The summed E-state index contributed by atoms with van der Waals surface area (Å²) in [6, 6.07) is 8.02. The molecule has 0 amide bonds. The molecule has 0 bridgehead atoms. The van der Waals surface area contributed by atoms with E-state index in [4.69, 9.17) is 5.26 Å². The minimum absolute atomic E-state index is 0.744. The van der Waals surface area contributed by atoms with Gasteiger partial charge in [0.25, 0.3) is 0 Å². The summed E-state index contributed by atoms with van der Waals surface area (Å²) in [5.74, 6) is 0. The van der Waals surface area contributed by atoms with Gasteiger partial charge in [0.15, 0.2) is 0 Å². The third kappa shape index (κ3) is 1.22. The van der Waals surface area contributed by atoms with Crippen molar-refractivity contribution in [3.63, 3.8) is 0 Å². The van der Waals surface area contributed by atoms with Crippen LogP contribution in [0.3, 0.4) is 0 Å². The van der Waals surface area contributed by atoms with E-state index in [1.807, 2.05) is 18.2 Å². The smallest absolute Gasteiger partial charge is 0.0992 e. The number of nitriles is 1. The number of fused-ring (bicyclic) bond motifs is 1. The Morgan fingerprint density at radius 1 is 1.31 bits per heavy atom. The fourth-order valence-electron chi connectivity index (χ4n) is 1.42. The van der Waals surface area contributed by atoms with Crippen molar-refractivity contribution in [2.75, 3.05) is 0 Å². The second kappa shape index (κ2) is 2.86. The maximum Gasteiger partial charge on any atom is 0.0992 e. The Kier molecular flexibility index (Phi) is 1.82. The highest BCUT2D eigenvalue weighted by Gasteiger charge is 2.04. The maximum absolute atomic E-state index is 8.73. The van der Waals surface area contributed by atoms with Crippen LogP contribution in [0.4, 0.5) is 0 Å². The molecule has 0 atom stereocenters. The normalized spacial score (nSPS) is 10.2. The van der Waals surface area contributed by atoms with Crippen molar-refractivity contribution in [2.45, 2.75) is 13.8 Å². The third-order valence-corrected chi connectivity index (χ3v) is 3.48. The quantitative estimate of drug-likeness (QED) is 0.620. The molecule has 0 N–H and O–H groups in total. The predicted octanol–water partition coefficient (Wildman–Crippen LogP) is 3.39. The second-order valence-corrected chi connectivity index (χ2v) is 4.36. The van der Waals surface area contributed by atoms with E-state index >= 15 is 0 Å². The first-order chi connectivity index (χ1) is 6.22. The van der Waals surface area contributed by atoms with Crippen LogP contribution >= 0.6 is 11.3 Å². The van der Waals surface area contributed by atoms with Gasteiger partial charge < -0.3 is 0 Å². The summed E-state index contributed by atoms with van der Waals surface area (Å²) in [4.78, 5) is 1.34. The minimum Gasteiger partial charge on any atom is -0.192 e. The zero-order valence-corrected chi connectivity index (χ0v) is 8.40. The van der Waals surface area contributed by atoms with Gasteiger partial charge in [-0.3, -0.25) is 0 Å². The van der Waals surface area contributed by atoms with E-state index in [9.17, 15) is 0 Å². The molecule has 0 unspecified atom stereocenters. The zero-order chi connectivity index (χ0) is 9.42. The predicted molar refractivity (Wildman–Crippen MR) is 56.0 cm³/mol. The number of aryl methyl sites for hydroxylation is 2. The summed E-state index contributed by atoms with van der Waals surface area (Å²) in [6.07, 6.45) is 0. The highest BCUT2D eigenvalue weighted by molar-refractivity contribution is 7.19. The Bertz CT molecular complexity index is 503. The number of hydrogen-bond donors (Lipinski definition) is 0. The summed E-state index contributed by atoms with van der Waals surface area (Å²) < 4.78 is 1.22. The molecule has 2 heteroatoms. The molecular formula is C11H9NS. The van der Waals surface area contributed by atoms with E-state index in [2.05, 4.69) is 19.9 Å². The number of thiophene rings is 1. The molecule has 0 aliphatic carbocycles. The average Bonchev–Trinajstić information content (AvgIpc) is 2.42. The van der Waals surface area contributed by atoms with Gasteiger partial charge in [-0.25, -0.2) is 0 Å². The SMILES string of the molecule is Cc1sc2cc(C#N)ccc2c1C. The Morgan fingerprint density at radius 3 is 2.77 bits per heavy atom. The Morgan fingerprint density at radius 2 is 2.08 bits per heavy atom. The van der Waals surface area contributed by atoms with E-state index in [1.165, 1.54) is 20.5 Å². The molecule has 2 aromatic rings. The molecule has 13 heavy (non-hydrogen) atoms. The van der Waals surface area contributed by atoms with Crippen LogP contribution < -0.4 is 0 Å². The molecule has 2 rings (SSSR count). The molecule has 64 valence electrons. The summed E-state index contributed by atoms with van der Waals surface area (Å²) in [6.45, 7) is 4.24. The molecule has 0 radical (unpaired) electrons. The van der Waals surface area contributed by atoms with Crippen LogP contribution in [0.2, 0.25) is 0 Å². The number of hydrogen-bond acceptors (Lipinski definition) is 2. The van der Waals surface area contributed by atoms with Gasteiger partial charge in [0, 0.05) is 9.58 Å². The average molecular weight is 187 g/mol. The maximum atomic E-state index is 8.73. The van der Waals surface area contributed by atoms with Crippen molar-refractivity contribution in [3.05, 3.63) is 34.2 Å². The highest BCUT2D eigenvalue weighted by Crippen LogP contribution is 2.30. The monoisotopic (exact) mass is 187 g/mol. The van der Waals surface area contributed by atoms with E-state index in [0.717, 1.165) is 5.56 Å². The summed E-state index contributed by atoms with van der Waals surface area (Å²) in [7, 11) is 0.